The second-order valence-electron chi connectivity index (χ2n) is 9.60. The lowest BCUT2D eigenvalue weighted by molar-refractivity contribution is -0.181. The third kappa shape index (κ3) is 5.90. The molecule has 8 nitrogen and oxygen atoms in total. The fourth-order valence-electron chi connectivity index (χ4n) is 4.15. The summed E-state index contributed by atoms with van der Waals surface area (Å²) in [6.45, 7) is 12.9. The van der Waals surface area contributed by atoms with Crippen LogP contribution in [0.5, 0.6) is 0 Å². The standard InChI is InChI=1S/C23H40N2O6/c1-7-9-14-29-17(3)18(19(26)30-15-10-8-2)24-16-23(20(24)27)12-11-13-25(23)21(28)31-22(4,5)6/h17-18H,7-16H2,1-6H3/t17-,18+,23?/m1/s1. The molecule has 2 aliphatic rings. The number of unbranched alkanes of at least 4 members (excludes halogenated alkanes) is 2. The van der Waals surface area contributed by atoms with Gasteiger partial charge < -0.3 is 19.1 Å². The smallest absolute Gasteiger partial charge is 0.411 e. The van der Waals surface area contributed by atoms with Crippen LogP contribution in [-0.2, 0) is 23.8 Å². The molecule has 2 saturated heterocycles. The molecule has 2 amide bonds. The molecule has 2 aliphatic heterocycles. The van der Waals surface area contributed by atoms with Crippen molar-refractivity contribution < 1.29 is 28.6 Å². The van der Waals surface area contributed by atoms with Crippen molar-refractivity contribution in [1.29, 1.82) is 0 Å². The minimum atomic E-state index is -0.923. The summed E-state index contributed by atoms with van der Waals surface area (Å²) < 4.78 is 16.8. The number of likely N-dealkylation sites (tertiary alicyclic amines) is 2. The zero-order chi connectivity index (χ0) is 23.2. The molecular formula is C23H40N2O6. The molecule has 0 aromatic carbocycles. The van der Waals surface area contributed by atoms with E-state index in [2.05, 4.69) is 6.92 Å². The molecule has 1 spiro atoms. The third-order valence-electron chi connectivity index (χ3n) is 5.84. The van der Waals surface area contributed by atoms with E-state index in [1.54, 1.807) is 32.6 Å². The molecule has 31 heavy (non-hydrogen) atoms. The number of β-lactam (4-membered cyclic amide) rings is 1. The monoisotopic (exact) mass is 440 g/mol. The second-order valence-corrected chi connectivity index (χ2v) is 9.60. The molecule has 0 aromatic rings. The highest BCUT2D eigenvalue weighted by Gasteiger charge is 2.63. The van der Waals surface area contributed by atoms with Crippen molar-refractivity contribution >= 4 is 18.0 Å². The van der Waals surface area contributed by atoms with Crippen molar-refractivity contribution in [3.8, 4) is 0 Å². The van der Waals surface area contributed by atoms with Gasteiger partial charge in [0.15, 0.2) is 6.04 Å². The zero-order valence-electron chi connectivity index (χ0n) is 20.1. The van der Waals surface area contributed by atoms with Gasteiger partial charge in [0.2, 0.25) is 0 Å². The molecule has 3 atom stereocenters. The van der Waals surface area contributed by atoms with Crippen LogP contribution in [0.15, 0.2) is 0 Å². The van der Waals surface area contributed by atoms with E-state index < -0.39 is 35.3 Å². The van der Waals surface area contributed by atoms with E-state index in [1.165, 1.54) is 4.90 Å². The number of nitrogens with zero attached hydrogens (tertiary/aromatic N) is 2. The van der Waals surface area contributed by atoms with Gasteiger partial charge in [0.05, 0.1) is 19.3 Å². The minimum absolute atomic E-state index is 0.223. The maximum atomic E-state index is 13.4. The van der Waals surface area contributed by atoms with Crippen molar-refractivity contribution in [2.45, 2.75) is 103 Å². The molecule has 0 aromatic heterocycles. The number of esters is 1. The van der Waals surface area contributed by atoms with Crippen LogP contribution in [0.25, 0.3) is 0 Å². The Bertz CT molecular complexity index is 646. The van der Waals surface area contributed by atoms with Crippen LogP contribution in [0.3, 0.4) is 0 Å². The highest BCUT2D eigenvalue weighted by atomic mass is 16.6. The Morgan fingerprint density at radius 3 is 2.35 bits per heavy atom. The lowest BCUT2D eigenvalue weighted by atomic mass is 9.83. The van der Waals surface area contributed by atoms with E-state index in [0.717, 1.165) is 32.1 Å². The summed E-state index contributed by atoms with van der Waals surface area (Å²) in [6, 6.07) is -0.812. The van der Waals surface area contributed by atoms with Crippen LogP contribution in [0.1, 0.15) is 80.1 Å². The first-order valence-electron chi connectivity index (χ1n) is 11.7. The summed E-state index contributed by atoms with van der Waals surface area (Å²) in [5, 5.41) is 0. The van der Waals surface area contributed by atoms with Crippen LogP contribution in [-0.4, -0.2) is 77.4 Å². The Morgan fingerprint density at radius 2 is 1.77 bits per heavy atom. The molecule has 0 N–H and O–H groups in total. The molecule has 0 radical (unpaired) electrons. The van der Waals surface area contributed by atoms with Crippen LogP contribution < -0.4 is 0 Å². The summed E-state index contributed by atoms with van der Waals surface area (Å²) in [5.41, 5.74) is -1.56. The topological polar surface area (TPSA) is 85.4 Å². The fourth-order valence-corrected chi connectivity index (χ4v) is 4.15. The normalized spacial score (nSPS) is 23.0. The van der Waals surface area contributed by atoms with Crippen LogP contribution in [0, 0.1) is 0 Å². The van der Waals surface area contributed by atoms with Crippen molar-refractivity contribution in [3.05, 3.63) is 0 Å². The maximum Gasteiger partial charge on any atom is 0.411 e. The molecule has 2 rings (SSSR count). The Kier molecular flexibility index (Phi) is 8.74. The van der Waals surface area contributed by atoms with E-state index in [0.29, 0.717) is 32.7 Å². The first kappa shape index (κ1) is 25.4. The number of ether oxygens (including phenoxy) is 3. The van der Waals surface area contributed by atoms with Gasteiger partial charge in [-0.3, -0.25) is 9.69 Å². The van der Waals surface area contributed by atoms with Crippen molar-refractivity contribution in [2.24, 2.45) is 0 Å². The van der Waals surface area contributed by atoms with E-state index in [1.807, 2.05) is 6.92 Å². The quantitative estimate of drug-likeness (QED) is 0.294. The average Bonchev–Trinajstić information content (AvgIpc) is 3.13. The molecular weight excluding hydrogens is 400 g/mol. The summed E-state index contributed by atoms with van der Waals surface area (Å²) >= 11 is 0. The molecule has 0 saturated carbocycles. The molecule has 0 aliphatic carbocycles. The van der Waals surface area contributed by atoms with Gasteiger partial charge in [0.1, 0.15) is 11.1 Å². The molecule has 178 valence electrons. The van der Waals surface area contributed by atoms with Crippen molar-refractivity contribution in [3.63, 3.8) is 0 Å². The summed E-state index contributed by atoms with van der Waals surface area (Å²) in [5.74, 6) is -0.665. The van der Waals surface area contributed by atoms with Gasteiger partial charge in [-0.25, -0.2) is 9.59 Å². The highest BCUT2D eigenvalue weighted by molar-refractivity contribution is 5.99. The van der Waals surface area contributed by atoms with Gasteiger partial charge in [0.25, 0.3) is 5.91 Å². The van der Waals surface area contributed by atoms with Gasteiger partial charge in [-0.05, 0) is 53.4 Å². The summed E-state index contributed by atoms with van der Waals surface area (Å²) in [7, 11) is 0. The zero-order valence-corrected chi connectivity index (χ0v) is 20.1. The number of rotatable bonds is 10. The molecule has 0 bridgehead atoms. The Hall–Kier alpha value is -1.83. The first-order valence-corrected chi connectivity index (χ1v) is 11.7. The maximum absolute atomic E-state index is 13.4. The van der Waals surface area contributed by atoms with Crippen molar-refractivity contribution in [1.82, 2.24) is 9.80 Å². The second kappa shape index (κ2) is 10.7. The van der Waals surface area contributed by atoms with E-state index in [9.17, 15) is 14.4 Å². The van der Waals surface area contributed by atoms with Crippen LogP contribution >= 0.6 is 0 Å². The number of carbonyl (C=O) groups is 3. The summed E-state index contributed by atoms with van der Waals surface area (Å²) in [6.07, 6.45) is 3.88. The minimum Gasteiger partial charge on any atom is -0.464 e. The number of hydrogen-bond donors (Lipinski definition) is 0. The predicted molar refractivity (Wildman–Crippen MR) is 117 cm³/mol. The SMILES string of the molecule is CCCCOC(=O)[C@H]([C@@H](C)OCCCC)N1CC2(CCCN2C(=O)OC(C)(C)C)C1=O. The van der Waals surface area contributed by atoms with E-state index in [4.69, 9.17) is 14.2 Å². The molecule has 1 unspecified atom stereocenters. The van der Waals surface area contributed by atoms with Crippen LogP contribution in [0.2, 0.25) is 0 Å². The van der Waals surface area contributed by atoms with Crippen LogP contribution in [0.4, 0.5) is 4.79 Å². The molecule has 2 heterocycles. The molecule has 2 fully saturated rings. The summed E-state index contributed by atoms with van der Waals surface area (Å²) in [4.78, 5) is 42.1. The highest BCUT2D eigenvalue weighted by Crippen LogP contribution is 2.41. The predicted octanol–water partition coefficient (Wildman–Crippen LogP) is 3.52. The van der Waals surface area contributed by atoms with Crippen molar-refractivity contribution in [2.75, 3.05) is 26.3 Å². The number of carbonyl (C=O) groups excluding carboxylic acids is 3. The Labute approximate surface area is 186 Å². The van der Waals surface area contributed by atoms with E-state index in [-0.39, 0.29) is 5.91 Å². The van der Waals surface area contributed by atoms with Gasteiger partial charge in [0, 0.05) is 13.2 Å². The number of hydrogen-bond acceptors (Lipinski definition) is 6. The lowest BCUT2D eigenvalue weighted by Gasteiger charge is -2.53. The average molecular weight is 441 g/mol. The van der Waals surface area contributed by atoms with Gasteiger partial charge in [-0.1, -0.05) is 26.7 Å². The first-order chi connectivity index (χ1) is 14.6. The number of amides is 2. The van der Waals surface area contributed by atoms with Gasteiger partial charge >= 0.3 is 12.1 Å². The van der Waals surface area contributed by atoms with Gasteiger partial charge in [-0.2, -0.15) is 0 Å². The lowest BCUT2D eigenvalue weighted by Crippen LogP contribution is -2.76. The molecule has 8 heteroatoms. The van der Waals surface area contributed by atoms with Gasteiger partial charge in [-0.15, -0.1) is 0 Å². The fraction of sp³-hybridized carbons (Fsp3) is 0.870. The Balaban J connectivity index is 2.14. The largest absolute Gasteiger partial charge is 0.464 e. The Morgan fingerprint density at radius 1 is 1.13 bits per heavy atom. The van der Waals surface area contributed by atoms with E-state index >= 15 is 0 Å². The third-order valence-corrected chi connectivity index (χ3v) is 5.84.